The van der Waals surface area contributed by atoms with Crippen molar-refractivity contribution >= 4 is 17.5 Å². The number of hydrogen-bond acceptors (Lipinski definition) is 4. The number of benzene rings is 2. The second kappa shape index (κ2) is 13.2. The van der Waals surface area contributed by atoms with Gasteiger partial charge in [0.05, 0.1) is 23.1 Å². The fourth-order valence-corrected chi connectivity index (χ4v) is 7.52. The van der Waals surface area contributed by atoms with Gasteiger partial charge in [0, 0.05) is 30.7 Å². The summed E-state index contributed by atoms with van der Waals surface area (Å²) in [4.78, 5) is 32.3. The number of carbonyl (C=O) groups is 2. The van der Waals surface area contributed by atoms with Gasteiger partial charge in [-0.15, -0.1) is 0 Å². The van der Waals surface area contributed by atoms with E-state index in [0.29, 0.717) is 31.4 Å². The molecule has 5 rings (SSSR count). The van der Waals surface area contributed by atoms with Crippen molar-refractivity contribution in [3.05, 3.63) is 88.8 Å². The average Bonchev–Trinajstić information content (AvgIpc) is 3.46. The van der Waals surface area contributed by atoms with E-state index in [1.165, 1.54) is 11.6 Å². The van der Waals surface area contributed by atoms with E-state index >= 15 is 4.39 Å². The highest BCUT2D eigenvalue weighted by Gasteiger charge is 2.43. The number of carbonyl (C=O) groups excluding carboxylic acids is 2. The van der Waals surface area contributed by atoms with Crippen LogP contribution in [-0.2, 0) is 10.2 Å². The summed E-state index contributed by atoms with van der Waals surface area (Å²) in [6.07, 6.45) is 10.5. The molecule has 45 heavy (non-hydrogen) atoms. The van der Waals surface area contributed by atoms with E-state index in [2.05, 4.69) is 55.3 Å². The first kappa shape index (κ1) is 33.1. The van der Waals surface area contributed by atoms with E-state index in [0.717, 1.165) is 37.2 Å². The Morgan fingerprint density at radius 2 is 1.76 bits per heavy atom. The molecule has 7 heteroatoms. The summed E-state index contributed by atoms with van der Waals surface area (Å²) in [7, 11) is 0. The monoisotopic (exact) mass is 615 g/mol. The summed E-state index contributed by atoms with van der Waals surface area (Å²) in [5.74, 6) is -1.53. The minimum atomic E-state index is -0.765. The molecule has 3 unspecified atom stereocenters. The van der Waals surface area contributed by atoms with E-state index in [-0.39, 0.29) is 34.8 Å². The summed E-state index contributed by atoms with van der Waals surface area (Å²) in [6.45, 7) is 14.1. The van der Waals surface area contributed by atoms with Crippen LogP contribution in [0.15, 0.2) is 66.3 Å². The van der Waals surface area contributed by atoms with Gasteiger partial charge < -0.3 is 15.3 Å². The Labute approximate surface area is 268 Å². The largest absolute Gasteiger partial charge is 0.389 e. The molecule has 2 fully saturated rings. The minimum absolute atomic E-state index is 0.0616. The quantitative estimate of drug-likeness (QED) is 0.351. The maximum Gasteiger partial charge on any atom is 0.257 e. The third-order valence-electron chi connectivity index (χ3n) is 9.93. The lowest BCUT2D eigenvalue weighted by atomic mass is 9.77. The fourth-order valence-electron chi connectivity index (χ4n) is 7.52. The number of nitrogens with one attached hydrogen (secondary N) is 1. The summed E-state index contributed by atoms with van der Waals surface area (Å²) in [6, 6.07) is 12.4. The lowest BCUT2D eigenvalue weighted by Crippen LogP contribution is -2.55. The molecule has 1 aliphatic carbocycles. The molecule has 3 aliphatic rings. The number of piperidine rings is 1. The van der Waals surface area contributed by atoms with Gasteiger partial charge in [-0.25, -0.2) is 4.39 Å². The van der Waals surface area contributed by atoms with E-state index < -0.39 is 23.4 Å². The van der Waals surface area contributed by atoms with E-state index in [1.54, 1.807) is 24.0 Å². The van der Waals surface area contributed by atoms with Crippen molar-refractivity contribution in [2.45, 2.75) is 96.7 Å². The zero-order valence-electron chi connectivity index (χ0n) is 27.8. The first-order valence-electron chi connectivity index (χ1n) is 16.5. The average molecular weight is 616 g/mol. The van der Waals surface area contributed by atoms with Gasteiger partial charge in [-0.2, -0.15) is 0 Å². The van der Waals surface area contributed by atoms with Crippen LogP contribution in [0, 0.1) is 24.6 Å². The number of anilines is 1. The van der Waals surface area contributed by atoms with Crippen LogP contribution in [0.3, 0.4) is 0 Å². The molecule has 2 heterocycles. The van der Waals surface area contributed by atoms with Gasteiger partial charge in [-0.1, -0.05) is 63.3 Å². The number of rotatable bonds is 7. The zero-order valence-corrected chi connectivity index (χ0v) is 27.8. The molecular weight excluding hydrogens is 565 g/mol. The van der Waals surface area contributed by atoms with Crippen LogP contribution >= 0.6 is 0 Å². The predicted molar refractivity (Wildman–Crippen MR) is 179 cm³/mol. The second-order valence-corrected chi connectivity index (χ2v) is 14.8. The van der Waals surface area contributed by atoms with Crippen molar-refractivity contribution in [1.29, 1.82) is 0 Å². The van der Waals surface area contributed by atoms with Gasteiger partial charge in [0.25, 0.3) is 5.91 Å². The maximum atomic E-state index is 15.1. The van der Waals surface area contributed by atoms with E-state index in [1.807, 2.05) is 32.0 Å². The molecule has 2 aliphatic heterocycles. The summed E-state index contributed by atoms with van der Waals surface area (Å²) >= 11 is 0. The number of halogens is 1. The summed E-state index contributed by atoms with van der Waals surface area (Å²) in [5, 5.41) is 13.9. The lowest BCUT2D eigenvalue weighted by Gasteiger charge is -2.44. The highest BCUT2D eigenvalue weighted by molar-refractivity contribution is 5.98. The molecule has 2 amide bonds. The molecule has 4 atom stereocenters. The predicted octanol–water partition coefficient (Wildman–Crippen LogP) is 7.03. The van der Waals surface area contributed by atoms with Crippen LogP contribution in [0.1, 0.15) is 88.2 Å². The van der Waals surface area contributed by atoms with Gasteiger partial charge in [-0.05, 0) is 99.7 Å². The van der Waals surface area contributed by atoms with Gasteiger partial charge >= 0.3 is 0 Å². The molecule has 242 valence electrons. The van der Waals surface area contributed by atoms with Gasteiger partial charge in [0.1, 0.15) is 5.82 Å². The van der Waals surface area contributed by atoms with Gasteiger partial charge in [-0.3, -0.25) is 14.5 Å². The van der Waals surface area contributed by atoms with Crippen LogP contribution in [0.4, 0.5) is 10.1 Å². The van der Waals surface area contributed by atoms with Crippen molar-refractivity contribution in [1.82, 2.24) is 9.80 Å². The summed E-state index contributed by atoms with van der Waals surface area (Å²) in [5.41, 5.74) is 2.91. The highest BCUT2D eigenvalue weighted by Crippen LogP contribution is 2.37. The maximum absolute atomic E-state index is 15.1. The van der Waals surface area contributed by atoms with Crippen molar-refractivity contribution in [3.63, 3.8) is 0 Å². The molecule has 2 N–H and O–H groups in total. The Hall–Kier alpha value is -3.29. The van der Waals surface area contributed by atoms with Crippen LogP contribution in [0.25, 0.3) is 0 Å². The van der Waals surface area contributed by atoms with Crippen LogP contribution in [-0.4, -0.2) is 64.0 Å². The molecule has 6 nitrogen and oxygen atoms in total. The number of aliphatic hydroxyl groups is 1. The van der Waals surface area contributed by atoms with Crippen LogP contribution in [0.2, 0.25) is 0 Å². The van der Waals surface area contributed by atoms with Gasteiger partial charge in [0.2, 0.25) is 5.91 Å². The van der Waals surface area contributed by atoms with E-state index in [9.17, 15) is 14.7 Å². The Balaban J connectivity index is 1.41. The third kappa shape index (κ3) is 7.41. The first-order chi connectivity index (χ1) is 21.2. The van der Waals surface area contributed by atoms with E-state index in [4.69, 9.17) is 0 Å². The Bertz CT molecular complexity index is 1450. The van der Waals surface area contributed by atoms with Crippen molar-refractivity contribution in [3.8, 4) is 0 Å². The first-order valence-corrected chi connectivity index (χ1v) is 16.5. The van der Waals surface area contributed by atoms with Gasteiger partial charge in [0.15, 0.2) is 0 Å². The Morgan fingerprint density at radius 3 is 2.42 bits per heavy atom. The number of amides is 2. The fraction of sp³-hybridized carbons (Fsp3) is 0.526. The number of hydrogen-bond donors (Lipinski definition) is 2. The highest BCUT2D eigenvalue weighted by atomic mass is 19.1. The molecule has 0 aromatic heterocycles. The van der Waals surface area contributed by atoms with Crippen LogP contribution < -0.4 is 5.32 Å². The number of aryl methyl sites for hydroxylation is 1. The molecule has 2 aromatic carbocycles. The molecule has 0 radical (unpaired) electrons. The normalized spacial score (nSPS) is 24.4. The van der Waals surface area contributed by atoms with Crippen molar-refractivity contribution in [2.75, 3.05) is 25.0 Å². The molecule has 0 bridgehead atoms. The zero-order chi connectivity index (χ0) is 32.5. The molecule has 0 spiro atoms. The number of allylic oxidation sites excluding steroid dienone is 1. The molecule has 0 saturated carbocycles. The Morgan fingerprint density at radius 1 is 1.02 bits per heavy atom. The third-order valence-corrected chi connectivity index (χ3v) is 9.93. The SMILES string of the molecule is Cc1cccc(F)c1C(=O)N1CCCC(C(=O)Nc2cccc(C(C)(C)C)c2)[C@@H]1C1C=CC(CN2CCCC2C(C)(C)O)=CC1. The number of likely N-dealkylation sites (tertiary alicyclic amines) is 2. The molecule has 2 saturated heterocycles. The lowest BCUT2D eigenvalue weighted by molar-refractivity contribution is -0.123. The van der Waals surface area contributed by atoms with Crippen molar-refractivity contribution in [2.24, 2.45) is 11.8 Å². The number of nitrogens with zero attached hydrogens (tertiary/aromatic N) is 2. The smallest absolute Gasteiger partial charge is 0.257 e. The second-order valence-electron chi connectivity index (χ2n) is 14.8. The summed E-state index contributed by atoms with van der Waals surface area (Å²) < 4.78 is 15.1. The van der Waals surface area contributed by atoms with Crippen molar-refractivity contribution < 1.29 is 19.1 Å². The topological polar surface area (TPSA) is 72.9 Å². The molecular formula is C38H50FN3O3. The minimum Gasteiger partial charge on any atom is -0.389 e. The standard InChI is InChI=1S/C38H50FN3O3/c1-25-11-7-15-31(39)33(25)36(44)42-22-9-14-30(35(43)40-29-13-8-12-28(23-29)37(2,3)4)34(42)27-19-17-26(18-20-27)24-41-21-10-16-32(41)38(5,6)45/h7-8,11-13,15,17-19,23,27,30,32,34,45H,9-10,14,16,20-22,24H2,1-6H3,(H,40,43)/t27?,30?,32?,34-/m0/s1. The van der Waals surface area contributed by atoms with Crippen LogP contribution in [0.5, 0.6) is 0 Å². The molecule has 2 aromatic rings. The Kier molecular flexibility index (Phi) is 9.71.